The third-order valence-corrected chi connectivity index (χ3v) is 4.63. The van der Waals surface area contributed by atoms with Crippen LogP contribution in [0.5, 0.6) is 0 Å². The van der Waals surface area contributed by atoms with Gasteiger partial charge < -0.3 is 10.2 Å². The lowest BCUT2D eigenvalue weighted by atomic mass is 10.1. The maximum atomic E-state index is 12.7. The SMILES string of the molecule is CCN(CC)c1ccc([N+](=O)[O-])cc1/C=C(\C#N)C(=O)Nc1cc(C)ccc1C. The molecular formula is C22H24N4O3. The largest absolute Gasteiger partial charge is 0.372 e. The lowest BCUT2D eigenvalue weighted by Gasteiger charge is -2.23. The van der Waals surface area contributed by atoms with Crippen molar-refractivity contribution >= 4 is 29.0 Å². The van der Waals surface area contributed by atoms with E-state index in [-0.39, 0.29) is 11.3 Å². The van der Waals surface area contributed by atoms with Gasteiger partial charge in [0.15, 0.2) is 0 Å². The molecule has 0 aliphatic heterocycles. The number of anilines is 2. The molecule has 2 rings (SSSR count). The number of nitriles is 1. The van der Waals surface area contributed by atoms with E-state index in [1.807, 2.05) is 56.9 Å². The van der Waals surface area contributed by atoms with Crippen LogP contribution >= 0.6 is 0 Å². The summed E-state index contributed by atoms with van der Waals surface area (Å²) >= 11 is 0. The van der Waals surface area contributed by atoms with Gasteiger partial charge in [0.05, 0.1) is 4.92 Å². The molecule has 0 fully saturated rings. The Morgan fingerprint density at radius 3 is 2.48 bits per heavy atom. The number of rotatable bonds is 7. The smallest absolute Gasteiger partial charge is 0.270 e. The van der Waals surface area contributed by atoms with Crippen molar-refractivity contribution < 1.29 is 9.72 Å². The molecule has 2 aromatic carbocycles. The normalized spacial score (nSPS) is 10.9. The third kappa shape index (κ3) is 5.20. The Morgan fingerprint density at radius 2 is 1.90 bits per heavy atom. The average molecular weight is 392 g/mol. The van der Waals surface area contributed by atoms with Crippen molar-refractivity contribution in [1.82, 2.24) is 0 Å². The van der Waals surface area contributed by atoms with Crippen molar-refractivity contribution in [3.05, 3.63) is 68.8 Å². The summed E-state index contributed by atoms with van der Waals surface area (Å²) in [5.74, 6) is -0.557. The number of nitrogens with one attached hydrogen (secondary N) is 1. The van der Waals surface area contributed by atoms with Crippen molar-refractivity contribution in [3.8, 4) is 6.07 Å². The summed E-state index contributed by atoms with van der Waals surface area (Å²) in [6, 6.07) is 12.0. The van der Waals surface area contributed by atoms with E-state index in [1.54, 1.807) is 6.07 Å². The topological polar surface area (TPSA) is 99.3 Å². The molecule has 0 aromatic heterocycles. The first-order valence-electron chi connectivity index (χ1n) is 9.34. The molecule has 29 heavy (non-hydrogen) atoms. The molecule has 7 nitrogen and oxygen atoms in total. The minimum absolute atomic E-state index is 0.0978. The Bertz CT molecular complexity index is 1000. The second kappa shape index (κ2) is 9.51. The molecule has 0 aliphatic rings. The second-order valence-electron chi connectivity index (χ2n) is 6.61. The molecular weight excluding hydrogens is 368 g/mol. The molecule has 2 aromatic rings. The zero-order valence-corrected chi connectivity index (χ0v) is 17.0. The number of nitro groups is 1. The minimum Gasteiger partial charge on any atom is -0.372 e. The van der Waals surface area contributed by atoms with Crippen molar-refractivity contribution in [2.24, 2.45) is 0 Å². The Hall–Kier alpha value is -3.66. The number of amides is 1. The first-order valence-corrected chi connectivity index (χ1v) is 9.34. The van der Waals surface area contributed by atoms with Crippen LogP contribution in [-0.4, -0.2) is 23.9 Å². The van der Waals surface area contributed by atoms with Crippen LogP contribution < -0.4 is 10.2 Å². The lowest BCUT2D eigenvalue weighted by molar-refractivity contribution is -0.384. The number of hydrogen-bond acceptors (Lipinski definition) is 5. The Kier molecular flexibility index (Phi) is 7.10. The number of benzene rings is 2. The molecule has 0 aliphatic carbocycles. The third-order valence-electron chi connectivity index (χ3n) is 4.63. The minimum atomic E-state index is -0.557. The Morgan fingerprint density at radius 1 is 1.21 bits per heavy atom. The van der Waals surface area contributed by atoms with E-state index in [1.165, 1.54) is 18.2 Å². The molecule has 1 amide bonds. The zero-order valence-electron chi connectivity index (χ0n) is 17.0. The summed E-state index contributed by atoms with van der Waals surface area (Å²) in [6.07, 6.45) is 1.40. The monoisotopic (exact) mass is 392 g/mol. The quantitative estimate of drug-likeness (QED) is 0.321. The van der Waals surface area contributed by atoms with Crippen LogP contribution in [0.15, 0.2) is 42.0 Å². The summed E-state index contributed by atoms with van der Waals surface area (Å²) in [7, 11) is 0. The van der Waals surface area contributed by atoms with Gasteiger partial charge in [0.1, 0.15) is 11.6 Å². The summed E-state index contributed by atoms with van der Waals surface area (Å²) < 4.78 is 0. The van der Waals surface area contributed by atoms with Crippen LogP contribution in [0.4, 0.5) is 17.1 Å². The van der Waals surface area contributed by atoms with E-state index in [9.17, 15) is 20.2 Å². The maximum Gasteiger partial charge on any atom is 0.270 e. The summed E-state index contributed by atoms with van der Waals surface area (Å²) in [5, 5.41) is 23.5. The molecule has 0 spiro atoms. The van der Waals surface area contributed by atoms with E-state index >= 15 is 0 Å². The van der Waals surface area contributed by atoms with Crippen LogP contribution in [0, 0.1) is 35.3 Å². The highest BCUT2D eigenvalue weighted by molar-refractivity contribution is 6.10. The van der Waals surface area contributed by atoms with Crippen LogP contribution in [0.2, 0.25) is 0 Å². The number of carbonyl (C=O) groups excluding carboxylic acids is 1. The number of carbonyl (C=O) groups is 1. The van der Waals surface area contributed by atoms with Gasteiger partial charge in [-0.15, -0.1) is 0 Å². The lowest BCUT2D eigenvalue weighted by Crippen LogP contribution is -2.23. The summed E-state index contributed by atoms with van der Waals surface area (Å²) in [5.41, 5.74) is 3.44. The summed E-state index contributed by atoms with van der Waals surface area (Å²) in [4.78, 5) is 25.4. The van der Waals surface area contributed by atoms with Gasteiger partial charge in [0.2, 0.25) is 0 Å². The zero-order chi connectivity index (χ0) is 21.6. The van der Waals surface area contributed by atoms with E-state index in [0.717, 1.165) is 16.8 Å². The van der Waals surface area contributed by atoms with Crippen LogP contribution in [-0.2, 0) is 4.79 Å². The van der Waals surface area contributed by atoms with E-state index in [0.29, 0.717) is 24.3 Å². The van der Waals surface area contributed by atoms with Crippen LogP contribution in [0.1, 0.15) is 30.5 Å². The number of aryl methyl sites for hydroxylation is 2. The van der Waals surface area contributed by atoms with Gasteiger partial charge in [0, 0.05) is 42.2 Å². The van der Waals surface area contributed by atoms with Gasteiger partial charge in [-0.3, -0.25) is 14.9 Å². The average Bonchev–Trinajstić information content (AvgIpc) is 2.70. The predicted molar refractivity (Wildman–Crippen MR) is 115 cm³/mol. The molecule has 0 atom stereocenters. The first-order chi connectivity index (χ1) is 13.8. The number of nitro benzene ring substituents is 1. The second-order valence-corrected chi connectivity index (χ2v) is 6.61. The van der Waals surface area contributed by atoms with Gasteiger partial charge in [-0.1, -0.05) is 12.1 Å². The highest BCUT2D eigenvalue weighted by atomic mass is 16.6. The summed E-state index contributed by atoms with van der Waals surface area (Å²) in [6.45, 7) is 9.09. The molecule has 0 saturated heterocycles. The van der Waals surface area contributed by atoms with Crippen LogP contribution in [0.25, 0.3) is 6.08 Å². The Labute approximate surface area is 170 Å². The molecule has 0 unspecified atom stereocenters. The highest BCUT2D eigenvalue weighted by Gasteiger charge is 2.16. The molecule has 0 saturated carbocycles. The van der Waals surface area contributed by atoms with E-state index in [4.69, 9.17) is 0 Å². The van der Waals surface area contributed by atoms with Crippen molar-refractivity contribution in [2.75, 3.05) is 23.3 Å². The van der Waals surface area contributed by atoms with Gasteiger partial charge >= 0.3 is 0 Å². The predicted octanol–water partition coefficient (Wildman–Crippen LogP) is 4.60. The Balaban J connectivity index is 2.49. The van der Waals surface area contributed by atoms with Crippen molar-refractivity contribution in [2.45, 2.75) is 27.7 Å². The van der Waals surface area contributed by atoms with Gasteiger partial charge in [-0.2, -0.15) is 5.26 Å². The van der Waals surface area contributed by atoms with E-state index in [2.05, 4.69) is 5.32 Å². The van der Waals surface area contributed by atoms with E-state index < -0.39 is 10.8 Å². The standard InChI is InChI=1S/C22H24N4O3/c1-5-25(6-2)21-10-9-19(26(28)29)13-17(21)12-18(14-23)22(27)24-20-11-15(3)7-8-16(20)4/h7-13H,5-6H2,1-4H3,(H,24,27)/b18-12+. The van der Waals surface area contributed by atoms with Crippen LogP contribution in [0.3, 0.4) is 0 Å². The molecule has 0 heterocycles. The van der Waals surface area contributed by atoms with Crippen molar-refractivity contribution in [3.63, 3.8) is 0 Å². The van der Waals surface area contributed by atoms with Gasteiger partial charge in [-0.25, -0.2) is 0 Å². The molecule has 0 bridgehead atoms. The molecule has 7 heteroatoms. The fraction of sp³-hybridized carbons (Fsp3) is 0.273. The fourth-order valence-corrected chi connectivity index (χ4v) is 2.99. The highest BCUT2D eigenvalue weighted by Crippen LogP contribution is 2.28. The molecule has 0 radical (unpaired) electrons. The number of hydrogen-bond donors (Lipinski definition) is 1. The number of nitrogens with zero attached hydrogens (tertiary/aromatic N) is 3. The fourth-order valence-electron chi connectivity index (χ4n) is 2.99. The van der Waals surface area contributed by atoms with Gasteiger partial charge in [0.25, 0.3) is 11.6 Å². The maximum absolute atomic E-state index is 12.7. The van der Waals surface area contributed by atoms with Gasteiger partial charge in [-0.05, 0) is 57.0 Å². The molecule has 1 N–H and O–H groups in total. The molecule has 150 valence electrons. The van der Waals surface area contributed by atoms with Crippen molar-refractivity contribution in [1.29, 1.82) is 5.26 Å². The number of non-ortho nitro benzene ring substituents is 1. The first kappa shape index (κ1) is 21.6.